The van der Waals surface area contributed by atoms with Crippen LogP contribution in [-0.2, 0) is 6.54 Å². The Morgan fingerprint density at radius 3 is 2.61 bits per heavy atom. The van der Waals surface area contributed by atoms with Crippen LogP contribution >= 0.6 is 15.9 Å². The zero-order valence-corrected chi connectivity index (χ0v) is 11.9. The van der Waals surface area contributed by atoms with Gasteiger partial charge >= 0.3 is 0 Å². The number of hydrogen-bond acceptors (Lipinski definition) is 4. The van der Waals surface area contributed by atoms with Gasteiger partial charge in [0.1, 0.15) is 0 Å². The first-order valence-corrected chi connectivity index (χ1v) is 6.69. The number of nitro groups is 1. The van der Waals surface area contributed by atoms with Gasteiger partial charge in [-0.15, -0.1) is 0 Å². The van der Waals surface area contributed by atoms with Gasteiger partial charge in [-0.3, -0.25) is 15.0 Å². The molecule has 0 bridgehead atoms. The first-order valence-electron chi connectivity index (χ1n) is 5.90. The second kappa shape index (κ2) is 5.77. The van der Waals surface area contributed by atoms with Gasteiger partial charge in [-0.05, 0) is 18.7 Å². The quantitative estimate of drug-likeness (QED) is 0.633. The van der Waals surface area contributed by atoms with E-state index in [1.54, 1.807) is 12.1 Å². The van der Waals surface area contributed by atoms with E-state index < -0.39 is 0 Å². The Morgan fingerprint density at radius 2 is 2.00 bits per heavy atom. The van der Waals surface area contributed by atoms with Gasteiger partial charge in [0.2, 0.25) is 0 Å². The van der Waals surface area contributed by atoms with Crippen molar-refractivity contribution in [2.24, 2.45) is 0 Å². The van der Waals surface area contributed by atoms with E-state index in [1.807, 2.05) is 0 Å². The molecule has 1 aromatic rings. The molecule has 1 aromatic carbocycles. The molecule has 0 unspecified atom stereocenters. The first-order chi connectivity index (χ1) is 8.56. The van der Waals surface area contributed by atoms with Crippen molar-refractivity contribution in [1.82, 2.24) is 9.80 Å². The fourth-order valence-corrected chi connectivity index (χ4v) is 2.41. The molecule has 0 N–H and O–H groups in total. The van der Waals surface area contributed by atoms with Gasteiger partial charge in [0.05, 0.1) is 4.92 Å². The number of nitrogens with zero attached hydrogens (tertiary/aromatic N) is 3. The fraction of sp³-hybridized carbons (Fsp3) is 0.500. The lowest BCUT2D eigenvalue weighted by molar-refractivity contribution is -0.384. The highest BCUT2D eigenvalue weighted by molar-refractivity contribution is 9.10. The van der Waals surface area contributed by atoms with Crippen molar-refractivity contribution in [2.75, 3.05) is 33.2 Å². The Morgan fingerprint density at radius 1 is 1.33 bits per heavy atom. The molecule has 0 aliphatic carbocycles. The number of benzene rings is 1. The molecule has 0 atom stereocenters. The molecule has 5 nitrogen and oxygen atoms in total. The Kier molecular flexibility index (Phi) is 4.31. The normalized spacial score (nSPS) is 17.9. The van der Waals surface area contributed by atoms with Crippen LogP contribution in [0.1, 0.15) is 5.56 Å². The fourth-order valence-electron chi connectivity index (χ4n) is 2.04. The molecule has 2 rings (SSSR count). The third kappa shape index (κ3) is 3.28. The highest BCUT2D eigenvalue weighted by Crippen LogP contribution is 2.24. The lowest BCUT2D eigenvalue weighted by atomic mass is 10.2. The minimum atomic E-state index is -0.347. The van der Waals surface area contributed by atoms with E-state index >= 15 is 0 Å². The maximum absolute atomic E-state index is 10.8. The summed E-state index contributed by atoms with van der Waals surface area (Å²) in [7, 11) is 2.11. The molecular weight excluding hydrogens is 298 g/mol. The second-order valence-electron chi connectivity index (χ2n) is 4.61. The molecule has 0 aromatic heterocycles. The van der Waals surface area contributed by atoms with Crippen LogP contribution in [0.25, 0.3) is 0 Å². The highest BCUT2D eigenvalue weighted by atomic mass is 79.9. The summed E-state index contributed by atoms with van der Waals surface area (Å²) in [5.41, 5.74) is 1.14. The van der Waals surface area contributed by atoms with Crippen LogP contribution in [-0.4, -0.2) is 47.9 Å². The molecular formula is C12H16BrN3O2. The number of non-ortho nitro benzene ring substituents is 1. The Hall–Kier alpha value is -0.980. The maximum Gasteiger partial charge on any atom is 0.269 e. The van der Waals surface area contributed by atoms with Gasteiger partial charge in [-0.2, -0.15) is 0 Å². The van der Waals surface area contributed by atoms with E-state index in [0.717, 1.165) is 42.8 Å². The number of likely N-dealkylation sites (N-methyl/N-ethyl adjacent to an activating group) is 1. The molecule has 1 aliphatic heterocycles. The van der Waals surface area contributed by atoms with Crippen LogP contribution < -0.4 is 0 Å². The van der Waals surface area contributed by atoms with Crippen LogP contribution in [0.2, 0.25) is 0 Å². The molecule has 0 spiro atoms. The SMILES string of the molecule is CN1CCN(Cc2cc([N+](=O)[O-])ccc2Br)CC1. The van der Waals surface area contributed by atoms with Crippen molar-refractivity contribution in [3.8, 4) is 0 Å². The molecule has 1 saturated heterocycles. The predicted molar refractivity (Wildman–Crippen MR) is 73.6 cm³/mol. The highest BCUT2D eigenvalue weighted by Gasteiger charge is 2.16. The molecule has 1 aliphatic rings. The number of nitro benzene ring substituents is 1. The van der Waals surface area contributed by atoms with Gasteiger partial charge in [0.15, 0.2) is 0 Å². The van der Waals surface area contributed by atoms with Crippen LogP contribution in [0.3, 0.4) is 0 Å². The van der Waals surface area contributed by atoms with E-state index in [-0.39, 0.29) is 10.6 Å². The first kappa shape index (κ1) is 13.5. The van der Waals surface area contributed by atoms with Crippen LogP contribution in [0.4, 0.5) is 5.69 Å². The molecule has 0 saturated carbocycles. The lowest BCUT2D eigenvalue weighted by Crippen LogP contribution is -2.43. The third-order valence-electron chi connectivity index (χ3n) is 3.23. The van der Waals surface area contributed by atoms with Crippen LogP contribution in [0.5, 0.6) is 0 Å². The van der Waals surface area contributed by atoms with Crippen molar-refractivity contribution in [1.29, 1.82) is 0 Å². The van der Waals surface area contributed by atoms with Crippen LogP contribution in [0.15, 0.2) is 22.7 Å². The van der Waals surface area contributed by atoms with E-state index in [4.69, 9.17) is 0 Å². The second-order valence-corrected chi connectivity index (χ2v) is 5.47. The monoisotopic (exact) mass is 313 g/mol. The van der Waals surface area contributed by atoms with Crippen molar-refractivity contribution < 1.29 is 4.92 Å². The Labute approximate surface area is 115 Å². The smallest absolute Gasteiger partial charge is 0.269 e. The number of rotatable bonds is 3. The van der Waals surface area contributed by atoms with Crippen molar-refractivity contribution in [3.05, 3.63) is 38.3 Å². The summed E-state index contributed by atoms with van der Waals surface area (Å²) in [5.74, 6) is 0. The Balaban J connectivity index is 2.08. The predicted octanol–water partition coefficient (Wildman–Crippen LogP) is 2.10. The summed E-state index contributed by atoms with van der Waals surface area (Å²) in [6.07, 6.45) is 0. The molecule has 98 valence electrons. The van der Waals surface area contributed by atoms with Gasteiger partial charge < -0.3 is 4.90 Å². The lowest BCUT2D eigenvalue weighted by Gasteiger charge is -2.32. The van der Waals surface area contributed by atoms with Gasteiger partial charge in [0.25, 0.3) is 5.69 Å². The topological polar surface area (TPSA) is 49.6 Å². The summed E-state index contributed by atoms with van der Waals surface area (Å²) < 4.78 is 0.937. The van der Waals surface area contributed by atoms with Crippen LogP contribution in [0, 0.1) is 10.1 Å². The van der Waals surface area contributed by atoms with E-state index in [9.17, 15) is 10.1 Å². The average Bonchev–Trinajstić information content (AvgIpc) is 2.34. The number of hydrogen-bond donors (Lipinski definition) is 0. The summed E-state index contributed by atoms with van der Waals surface area (Å²) in [6, 6.07) is 4.93. The summed E-state index contributed by atoms with van der Waals surface area (Å²) in [6.45, 7) is 4.87. The van der Waals surface area contributed by atoms with E-state index in [0.29, 0.717) is 0 Å². The molecule has 1 fully saturated rings. The summed E-state index contributed by atoms with van der Waals surface area (Å²) >= 11 is 3.46. The number of piperazine rings is 1. The zero-order valence-electron chi connectivity index (χ0n) is 10.3. The molecule has 1 heterocycles. The minimum absolute atomic E-state index is 0.155. The van der Waals surface area contributed by atoms with Gasteiger partial charge in [0, 0.05) is 49.3 Å². The van der Waals surface area contributed by atoms with Gasteiger partial charge in [-0.1, -0.05) is 15.9 Å². The molecule has 0 radical (unpaired) electrons. The summed E-state index contributed by atoms with van der Waals surface area (Å²) in [5, 5.41) is 10.8. The van der Waals surface area contributed by atoms with Crippen molar-refractivity contribution in [3.63, 3.8) is 0 Å². The minimum Gasteiger partial charge on any atom is -0.304 e. The van der Waals surface area contributed by atoms with E-state index in [2.05, 4.69) is 32.8 Å². The van der Waals surface area contributed by atoms with E-state index in [1.165, 1.54) is 6.07 Å². The largest absolute Gasteiger partial charge is 0.304 e. The molecule has 18 heavy (non-hydrogen) atoms. The average molecular weight is 314 g/mol. The third-order valence-corrected chi connectivity index (χ3v) is 4.00. The standard InChI is InChI=1S/C12H16BrN3O2/c1-14-4-6-15(7-5-14)9-10-8-11(16(17)18)2-3-12(10)13/h2-3,8H,4-7,9H2,1H3. The Bertz CT molecular complexity index is 445. The van der Waals surface area contributed by atoms with Crippen molar-refractivity contribution >= 4 is 21.6 Å². The zero-order chi connectivity index (χ0) is 13.1. The maximum atomic E-state index is 10.8. The van der Waals surface area contributed by atoms with Crippen molar-refractivity contribution in [2.45, 2.75) is 6.54 Å². The van der Waals surface area contributed by atoms with Gasteiger partial charge in [-0.25, -0.2) is 0 Å². The number of halogens is 1. The molecule has 6 heteroatoms. The summed E-state index contributed by atoms with van der Waals surface area (Å²) in [4.78, 5) is 15.0. The molecule has 0 amide bonds.